The molecule has 32 heavy (non-hydrogen) atoms. The third kappa shape index (κ3) is 5.75. The molecule has 1 aromatic carbocycles. The molecule has 174 valence electrons. The SMILES string of the molecule is CNCC(O)COc1cccc(-c2nc(N[C@H]3CCOC3)c(C)c(C3CCOCC3)n2)c1. The quantitative estimate of drug-likeness (QED) is 0.545. The number of ether oxygens (including phenoxy) is 3. The van der Waals surface area contributed by atoms with Crippen LogP contribution in [0.25, 0.3) is 11.4 Å². The molecule has 0 aliphatic carbocycles. The summed E-state index contributed by atoms with van der Waals surface area (Å²) in [6.07, 6.45) is 2.35. The van der Waals surface area contributed by atoms with Crippen molar-refractivity contribution in [2.75, 3.05) is 51.9 Å². The van der Waals surface area contributed by atoms with Crippen LogP contribution in [0, 0.1) is 6.92 Å². The fourth-order valence-corrected chi connectivity index (χ4v) is 4.23. The van der Waals surface area contributed by atoms with E-state index >= 15 is 0 Å². The minimum atomic E-state index is -0.566. The highest BCUT2D eigenvalue weighted by molar-refractivity contribution is 5.62. The molecular formula is C24H34N4O4. The predicted molar refractivity (Wildman–Crippen MR) is 123 cm³/mol. The standard InChI is InChI=1S/C24H34N4O4/c1-16-22(17-6-9-30-10-7-17)27-24(28-23(16)26-19-8-11-31-14-19)18-4-3-5-21(12-18)32-15-20(29)13-25-2/h3-5,12,17,19-20,25,29H,6-11,13-15H2,1-2H3,(H,26,27,28)/t19-,20?/m0/s1. The molecule has 0 bridgehead atoms. The molecule has 2 saturated heterocycles. The van der Waals surface area contributed by atoms with E-state index in [0.29, 0.717) is 30.6 Å². The maximum Gasteiger partial charge on any atom is 0.161 e. The summed E-state index contributed by atoms with van der Waals surface area (Å²) in [5.74, 6) is 2.61. The molecule has 3 heterocycles. The van der Waals surface area contributed by atoms with Crippen LogP contribution in [0.4, 0.5) is 5.82 Å². The second-order valence-corrected chi connectivity index (χ2v) is 8.55. The Kier molecular flexibility index (Phi) is 7.91. The molecule has 8 nitrogen and oxygen atoms in total. The first-order valence-corrected chi connectivity index (χ1v) is 11.5. The molecule has 2 atom stereocenters. The number of aliphatic hydroxyl groups is 1. The van der Waals surface area contributed by atoms with E-state index < -0.39 is 6.10 Å². The smallest absolute Gasteiger partial charge is 0.161 e. The van der Waals surface area contributed by atoms with Crippen LogP contribution in [-0.4, -0.2) is 73.8 Å². The Morgan fingerprint density at radius 2 is 1.97 bits per heavy atom. The van der Waals surface area contributed by atoms with E-state index in [1.54, 1.807) is 7.05 Å². The zero-order valence-electron chi connectivity index (χ0n) is 19.0. The number of rotatable bonds is 9. The Morgan fingerprint density at radius 3 is 2.72 bits per heavy atom. The molecule has 2 aliphatic rings. The Hall–Kier alpha value is -2.26. The van der Waals surface area contributed by atoms with Crippen LogP contribution in [-0.2, 0) is 9.47 Å². The first-order chi connectivity index (χ1) is 15.6. The topological polar surface area (TPSA) is 97.8 Å². The van der Waals surface area contributed by atoms with Crippen LogP contribution < -0.4 is 15.4 Å². The largest absolute Gasteiger partial charge is 0.491 e. The van der Waals surface area contributed by atoms with Crippen molar-refractivity contribution in [3.05, 3.63) is 35.5 Å². The Bertz CT molecular complexity index is 882. The van der Waals surface area contributed by atoms with Crippen molar-refractivity contribution in [1.82, 2.24) is 15.3 Å². The van der Waals surface area contributed by atoms with Crippen molar-refractivity contribution < 1.29 is 19.3 Å². The number of aliphatic hydroxyl groups excluding tert-OH is 1. The van der Waals surface area contributed by atoms with Crippen LogP contribution in [0.5, 0.6) is 5.75 Å². The molecule has 3 N–H and O–H groups in total. The van der Waals surface area contributed by atoms with E-state index in [2.05, 4.69) is 17.6 Å². The Balaban J connectivity index is 1.62. The van der Waals surface area contributed by atoms with Crippen LogP contribution in [0.2, 0.25) is 0 Å². The second kappa shape index (κ2) is 11.0. The lowest BCUT2D eigenvalue weighted by molar-refractivity contribution is 0.0844. The summed E-state index contributed by atoms with van der Waals surface area (Å²) in [7, 11) is 1.80. The van der Waals surface area contributed by atoms with Crippen molar-refractivity contribution in [2.24, 2.45) is 0 Å². The second-order valence-electron chi connectivity index (χ2n) is 8.55. The number of hydrogen-bond acceptors (Lipinski definition) is 8. The number of hydrogen-bond donors (Lipinski definition) is 3. The van der Waals surface area contributed by atoms with Gasteiger partial charge in [-0.15, -0.1) is 0 Å². The van der Waals surface area contributed by atoms with E-state index in [9.17, 15) is 5.11 Å². The summed E-state index contributed by atoms with van der Waals surface area (Å²) in [6, 6.07) is 8.02. The number of anilines is 1. The van der Waals surface area contributed by atoms with Gasteiger partial charge in [-0.05, 0) is 45.4 Å². The van der Waals surface area contributed by atoms with Crippen molar-refractivity contribution >= 4 is 5.82 Å². The van der Waals surface area contributed by atoms with E-state index in [1.165, 1.54) is 0 Å². The van der Waals surface area contributed by atoms with E-state index in [4.69, 9.17) is 24.2 Å². The van der Waals surface area contributed by atoms with Gasteiger partial charge in [0.1, 0.15) is 24.3 Å². The zero-order valence-corrected chi connectivity index (χ0v) is 19.0. The van der Waals surface area contributed by atoms with E-state index in [-0.39, 0.29) is 12.6 Å². The highest BCUT2D eigenvalue weighted by Crippen LogP contribution is 2.33. The highest BCUT2D eigenvalue weighted by Gasteiger charge is 2.24. The molecule has 0 radical (unpaired) electrons. The highest BCUT2D eigenvalue weighted by atomic mass is 16.5. The number of nitrogens with zero attached hydrogens (tertiary/aromatic N) is 2. The number of nitrogens with one attached hydrogen (secondary N) is 2. The minimum Gasteiger partial charge on any atom is -0.491 e. The average molecular weight is 443 g/mol. The van der Waals surface area contributed by atoms with Crippen molar-refractivity contribution in [2.45, 2.75) is 44.2 Å². The zero-order chi connectivity index (χ0) is 22.3. The molecule has 1 unspecified atom stereocenters. The van der Waals surface area contributed by atoms with E-state index in [0.717, 1.165) is 61.7 Å². The van der Waals surface area contributed by atoms with Gasteiger partial charge in [0.25, 0.3) is 0 Å². The van der Waals surface area contributed by atoms with Gasteiger partial charge in [-0.2, -0.15) is 0 Å². The number of aromatic nitrogens is 2. The summed E-state index contributed by atoms with van der Waals surface area (Å²) in [5, 5.41) is 16.5. The van der Waals surface area contributed by atoms with Crippen molar-refractivity contribution in [3.8, 4) is 17.1 Å². The fourth-order valence-electron chi connectivity index (χ4n) is 4.23. The van der Waals surface area contributed by atoms with Gasteiger partial charge in [-0.3, -0.25) is 0 Å². The summed E-state index contributed by atoms with van der Waals surface area (Å²) in [5.41, 5.74) is 3.09. The first-order valence-electron chi connectivity index (χ1n) is 11.5. The van der Waals surface area contributed by atoms with Gasteiger partial charge >= 0.3 is 0 Å². The molecule has 0 spiro atoms. The van der Waals surface area contributed by atoms with Gasteiger partial charge in [0.2, 0.25) is 0 Å². The molecule has 2 aliphatic heterocycles. The third-order valence-electron chi connectivity index (χ3n) is 6.04. The maximum absolute atomic E-state index is 9.94. The Morgan fingerprint density at radius 1 is 1.16 bits per heavy atom. The monoisotopic (exact) mass is 442 g/mol. The lowest BCUT2D eigenvalue weighted by Gasteiger charge is -2.25. The van der Waals surface area contributed by atoms with Gasteiger partial charge in [0.15, 0.2) is 5.82 Å². The third-order valence-corrected chi connectivity index (χ3v) is 6.04. The molecule has 2 aromatic rings. The minimum absolute atomic E-state index is 0.223. The summed E-state index contributed by atoms with van der Waals surface area (Å²) in [4.78, 5) is 9.92. The van der Waals surface area contributed by atoms with E-state index in [1.807, 2.05) is 24.3 Å². The maximum atomic E-state index is 9.94. The number of benzene rings is 1. The van der Waals surface area contributed by atoms with Gasteiger partial charge in [0.05, 0.1) is 18.3 Å². The predicted octanol–water partition coefficient (Wildman–Crippen LogP) is 2.51. The van der Waals surface area contributed by atoms with Crippen LogP contribution >= 0.6 is 0 Å². The van der Waals surface area contributed by atoms with Gasteiger partial charge < -0.3 is 30.0 Å². The summed E-state index contributed by atoms with van der Waals surface area (Å²) < 4.78 is 16.9. The van der Waals surface area contributed by atoms with Crippen molar-refractivity contribution in [1.29, 1.82) is 0 Å². The van der Waals surface area contributed by atoms with Crippen molar-refractivity contribution in [3.63, 3.8) is 0 Å². The lowest BCUT2D eigenvalue weighted by Crippen LogP contribution is -2.29. The number of likely N-dealkylation sites (N-methyl/N-ethyl adjacent to an activating group) is 1. The van der Waals surface area contributed by atoms with Crippen LogP contribution in [0.1, 0.15) is 36.4 Å². The molecule has 8 heteroatoms. The molecular weight excluding hydrogens is 408 g/mol. The lowest BCUT2D eigenvalue weighted by atomic mass is 9.93. The van der Waals surface area contributed by atoms with Crippen LogP contribution in [0.3, 0.4) is 0 Å². The van der Waals surface area contributed by atoms with Gasteiger partial charge in [0, 0.05) is 43.4 Å². The van der Waals surface area contributed by atoms with Gasteiger partial charge in [-0.1, -0.05) is 12.1 Å². The first kappa shape index (κ1) is 22.9. The Labute approximate surface area is 189 Å². The fraction of sp³-hybridized carbons (Fsp3) is 0.583. The molecule has 0 amide bonds. The normalized spacial score (nSPS) is 20.3. The van der Waals surface area contributed by atoms with Crippen LogP contribution in [0.15, 0.2) is 24.3 Å². The molecule has 0 saturated carbocycles. The van der Waals surface area contributed by atoms with Gasteiger partial charge in [-0.25, -0.2) is 9.97 Å². The summed E-state index contributed by atoms with van der Waals surface area (Å²) in [6.45, 7) is 5.82. The molecule has 2 fully saturated rings. The molecule has 1 aromatic heterocycles. The molecule has 4 rings (SSSR count). The average Bonchev–Trinajstić information content (AvgIpc) is 3.33. The summed E-state index contributed by atoms with van der Waals surface area (Å²) >= 11 is 0.